The largest absolute Gasteiger partial charge is 0.341 e. The molecular weight excluding hydrogens is 268 g/mol. The highest BCUT2D eigenvalue weighted by Gasteiger charge is 2.30. The van der Waals surface area contributed by atoms with Crippen LogP contribution < -0.4 is 5.73 Å². The lowest BCUT2D eigenvalue weighted by Crippen LogP contribution is -2.55. The molecule has 2 aliphatic heterocycles. The van der Waals surface area contributed by atoms with Gasteiger partial charge in [-0.25, -0.2) is 0 Å². The molecule has 2 fully saturated rings. The predicted molar refractivity (Wildman–Crippen MR) is 81.7 cm³/mol. The number of piperazine rings is 1. The number of hydrogen-bond donors (Lipinski definition) is 1. The molecule has 0 radical (unpaired) electrons. The number of carbonyl (C=O) groups is 2. The molecule has 0 bridgehead atoms. The Morgan fingerprint density at radius 3 is 2.05 bits per heavy atom. The summed E-state index contributed by atoms with van der Waals surface area (Å²) >= 11 is 0. The van der Waals surface area contributed by atoms with E-state index in [0.29, 0.717) is 19.5 Å². The maximum Gasteiger partial charge on any atom is 0.239 e. The molecule has 0 aromatic heterocycles. The third-order valence-corrected chi connectivity index (χ3v) is 4.49. The van der Waals surface area contributed by atoms with E-state index in [1.54, 1.807) is 0 Å². The minimum Gasteiger partial charge on any atom is -0.341 e. The van der Waals surface area contributed by atoms with Crippen molar-refractivity contribution in [2.45, 2.75) is 45.2 Å². The van der Waals surface area contributed by atoms with Gasteiger partial charge in [0.1, 0.15) is 0 Å². The molecule has 2 heterocycles. The predicted octanol–water partition coefficient (Wildman–Crippen LogP) is -0.121. The number of carbonyl (C=O) groups excluding carboxylic acids is 2. The van der Waals surface area contributed by atoms with Gasteiger partial charge in [0.15, 0.2) is 0 Å². The summed E-state index contributed by atoms with van der Waals surface area (Å²) in [6.07, 6.45) is 2.65. The third-order valence-electron chi connectivity index (χ3n) is 4.49. The van der Waals surface area contributed by atoms with Crippen LogP contribution in [0.3, 0.4) is 0 Å². The van der Waals surface area contributed by atoms with Crippen molar-refractivity contribution in [2.24, 2.45) is 5.73 Å². The van der Waals surface area contributed by atoms with Crippen LogP contribution in [0.2, 0.25) is 0 Å². The fourth-order valence-electron chi connectivity index (χ4n) is 3.12. The highest BCUT2D eigenvalue weighted by Crippen LogP contribution is 2.14. The molecule has 2 N–H and O–H groups in total. The Morgan fingerprint density at radius 2 is 1.52 bits per heavy atom. The average Bonchev–Trinajstić information content (AvgIpc) is 2.99. The van der Waals surface area contributed by atoms with Gasteiger partial charge in [-0.15, -0.1) is 0 Å². The van der Waals surface area contributed by atoms with E-state index in [9.17, 15) is 9.59 Å². The molecule has 0 aromatic rings. The van der Waals surface area contributed by atoms with Crippen molar-refractivity contribution in [1.82, 2.24) is 14.7 Å². The lowest BCUT2D eigenvalue weighted by atomic mass is 10.1. The van der Waals surface area contributed by atoms with Crippen LogP contribution in [0, 0.1) is 0 Å². The summed E-state index contributed by atoms with van der Waals surface area (Å²) in [5.41, 5.74) is 5.68. The molecule has 2 unspecified atom stereocenters. The second kappa shape index (κ2) is 7.22. The van der Waals surface area contributed by atoms with Gasteiger partial charge in [-0.3, -0.25) is 14.5 Å². The van der Waals surface area contributed by atoms with E-state index in [0.717, 1.165) is 39.0 Å². The summed E-state index contributed by atoms with van der Waals surface area (Å²) in [5, 5.41) is 0. The van der Waals surface area contributed by atoms with E-state index in [4.69, 9.17) is 5.73 Å². The minimum absolute atomic E-state index is 0.0752. The standard InChI is InChI=1S/C15H28N4O2/c1-12(16)11-14(20)18-9-7-17(8-10-18)13(2)15(21)19-5-3-4-6-19/h12-13H,3-11,16H2,1-2H3. The fraction of sp³-hybridized carbons (Fsp3) is 0.867. The van der Waals surface area contributed by atoms with E-state index in [2.05, 4.69) is 4.90 Å². The minimum atomic E-state index is -0.0915. The van der Waals surface area contributed by atoms with E-state index < -0.39 is 0 Å². The van der Waals surface area contributed by atoms with Gasteiger partial charge in [0, 0.05) is 51.7 Å². The van der Waals surface area contributed by atoms with Gasteiger partial charge in [-0.05, 0) is 26.7 Å². The molecule has 0 saturated carbocycles. The SMILES string of the molecule is CC(N)CC(=O)N1CCN(C(C)C(=O)N2CCCC2)CC1. The van der Waals surface area contributed by atoms with E-state index >= 15 is 0 Å². The molecule has 6 nitrogen and oxygen atoms in total. The second-order valence-corrected chi connectivity index (χ2v) is 6.31. The molecule has 2 atom stereocenters. The van der Waals surface area contributed by atoms with Crippen LogP contribution in [0.4, 0.5) is 0 Å². The normalized spacial score (nSPS) is 23.2. The van der Waals surface area contributed by atoms with Crippen molar-refractivity contribution in [3.63, 3.8) is 0 Å². The van der Waals surface area contributed by atoms with Gasteiger partial charge in [-0.1, -0.05) is 0 Å². The lowest BCUT2D eigenvalue weighted by molar-refractivity contribution is -0.138. The zero-order valence-corrected chi connectivity index (χ0v) is 13.3. The Hall–Kier alpha value is -1.14. The van der Waals surface area contributed by atoms with Crippen molar-refractivity contribution >= 4 is 11.8 Å². The van der Waals surface area contributed by atoms with E-state index in [1.165, 1.54) is 0 Å². The van der Waals surface area contributed by atoms with Crippen LogP contribution >= 0.6 is 0 Å². The van der Waals surface area contributed by atoms with E-state index in [1.807, 2.05) is 23.6 Å². The summed E-state index contributed by atoms with van der Waals surface area (Å²) in [7, 11) is 0. The van der Waals surface area contributed by atoms with Crippen LogP contribution in [-0.2, 0) is 9.59 Å². The van der Waals surface area contributed by atoms with Crippen LogP contribution in [0.25, 0.3) is 0 Å². The highest BCUT2D eigenvalue weighted by atomic mass is 16.2. The van der Waals surface area contributed by atoms with Crippen molar-refractivity contribution in [1.29, 1.82) is 0 Å². The topological polar surface area (TPSA) is 69.9 Å². The van der Waals surface area contributed by atoms with Gasteiger partial charge >= 0.3 is 0 Å². The number of likely N-dealkylation sites (tertiary alicyclic amines) is 1. The molecule has 2 saturated heterocycles. The first-order valence-electron chi connectivity index (χ1n) is 8.05. The molecular formula is C15H28N4O2. The zero-order valence-electron chi connectivity index (χ0n) is 13.3. The van der Waals surface area contributed by atoms with Crippen molar-refractivity contribution < 1.29 is 9.59 Å². The quantitative estimate of drug-likeness (QED) is 0.785. The summed E-state index contributed by atoms with van der Waals surface area (Å²) in [6.45, 7) is 8.57. The first-order chi connectivity index (χ1) is 9.99. The Bertz CT molecular complexity index is 372. The summed E-state index contributed by atoms with van der Waals surface area (Å²) in [4.78, 5) is 30.4. The number of hydrogen-bond acceptors (Lipinski definition) is 4. The van der Waals surface area contributed by atoms with Crippen molar-refractivity contribution in [3.05, 3.63) is 0 Å². The first kappa shape index (κ1) is 16.2. The van der Waals surface area contributed by atoms with Crippen LogP contribution in [0.1, 0.15) is 33.1 Å². The third kappa shape index (κ3) is 4.17. The zero-order chi connectivity index (χ0) is 15.4. The maximum atomic E-state index is 12.4. The van der Waals surface area contributed by atoms with Crippen molar-refractivity contribution in [2.75, 3.05) is 39.3 Å². The Labute approximate surface area is 127 Å². The molecule has 2 aliphatic rings. The molecule has 0 aromatic carbocycles. The van der Waals surface area contributed by atoms with Gasteiger partial charge in [0.2, 0.25) is 11.8 Å². The molecule has 0 aliphatic carbocycles. The molecule has 2 rings (SSSR count). The summed E-state index contributed by atoms with van der Waals surface area (Å²) in [6, 6.07) is -0.167. The molecule has 21 heavy (non-hydrogen) atoms. The average molecular weight is 296 g/mol. The van der Waals surface area contributed by atoms with Gasteiger partial charge in [0.05, 0.1) is 6.04 Å². The molecule has 2 amide bonds. The molecule has 0 spiro atoms. The molecule has 120 valence electrons. The summed E-state index contributed by atoms with van der Waals surface area (Å²) in [5.74, 6) is 0.367. The van der Waals surface area contributed by atoms with Crippen LogP contribution in [0.15, 0.2) is 0 Å². The fourth-order valence-corrected chi connectivity index (χ4v) is 3.12. The van der Waals surface area contributed by atoms with Crippen LogP contribution in [-0.4, -0.2) is 77.9 Å². The van der Waals surface area contributed by atoms with Gasteiger partial charge in [-0.2, -0.15) is 0 Å². The Morgan fingerprint density at radius 1 is 0.952 bits per heavy atom. The number of nitrogens with two attached hydrogens (primary N) is 1. The number of amides is 2. The van der Waals surface area contributed by atoms with E-state index in [-0.39, 0.29) is 23.9 Å². The smallest absolute Gasteiger partial charge is 0.239 e. The van der Waals surface area contributed by atoms with Crippen LogP contribution in [0.5, 0.6) is 0 Å². The monoisotopic (exact) mass is 296 g/mol. The summed E-state index contributed by atoms with van der Waals surface area (Å²) < 4.78 is 0. The van der Waals surface area contributed by atoms with Gasteiger partial charge in [0.25, 0.3) is 0 Å². The Kier molecular flexibility index (Phi) is 5.58. The maximum absolute atomic E-state index is 12.4. The highest BCUT2D eigenvalue weighted by molar-refractivity contribution is 5.82. The Balaban J connectivity index is 1.80. The van der Waals surface area contributed by atoms with Gasteiger partial charge < -0.3 is 15.5 Å². The first-order valence-corrected chi connectivity index (χ1v) is 8.05. The second-order valence-electron chi connectivity index (χ2n) is 6.31. The lowest BCUT2D eigenvalue weighted by Gasteiger charge is -2.38. The number of rotatable bonds is 4. The van der Waals surface area contributed by atoms with Crippen molar-refractivity contribution in [3.8, 4) is 0 Å². The molecule has 6 heteroatoms. The number of nitrogens with zero attached hydrogens (tertiary/aromatic N) is 3.